The Balaban J connectivity index is 1.41. The van der Waals surface area contributed by atoms with Gasteiger partial charge in [-0.3, -0.25) is 4.79 Å². The molecule has 1 aromatic carbocycles. The summed E-state index contributed by atoms with van der Waals surface area (Å²) in [7, 11) is 0. The van der Waals surface area contributed by atoms with Crippen LogP contribution in [0.4, 0.5) is 11.5 Å². The zero-order valence-electron chi connectivity index (χ0n) is 15.4. The second kappa shape index (κ2) is 7.44. The van der Waals surface area contributed by atoms with Gasteiger partial charge in [-0.1, -0.05) is 18.6 Å². The minimum Gasteiger partial charge on any atom is -0.342 e. The van der Waals surface area contributed by atoms with Gasteiger partial charge >= 0.3 is 0 Å². The van der Waals surface area contributed by atoms with E-state index in [9.17, 15) is 4.79 Å². The predicted octanol–water partition coefficient (Wildman–Crippen LogP) is 3.96. The van der Waals surface area contributed by atoms with Crippen molar-refractivity contribution < 1.29 is 4.79 Å². The van der Waals surface area contributed by atoms with Gasteiger partial charge in [0.2, 0.25) is 5.91 Å². The number of aryl methyl sites for hydroxylation is 1. The molecule has 1 amide bonds. The molecule has 26 heavy (non-hydrogen) atoms. The third-order valence-corrected chi connectivity index (χ3v) is 5.38. The third-order valence-electron chi connectivity index (χ3n) is 5.38. The highest BCUT2D eigenvalue weighted by molar-refractivity contribution is 5.79. The van der Waals surface area contributed by atoms with Crippen molar-refractivity contribution in [3.05, 3.63) is 47.4 Å². The lowest BCUT2D eigenvalue weighted by molar-refractivity contribution is -0.129. The first-order valence-corrected chi connectivity index (χ1v) is 9.67. The summed E-state index contributed by atoms with van der Waals surface area (Å²) >= 11 is 0. The van der Waals surface area contributed by atoms with Crippen LogP contribution in [0.5, 0.6) is 0 Å². The van der Waals surface area contributed by atoms with E-state index in [0.717, 1.165) is 54.5 Å². The molecule has 1 aliphatic carbocycles. The van der Waals surface area contributed by atoms with Gasteiger partial charge in [-0.25, -0.2) is 9.97 Å². The van der Waals surface area contributed by atoms with E-state index < -0.39 is 0 Å². The van der Waals surface area contributed by atoms with Crippen molar-refractivity contribution in [3.63, 3.8) is 0 Å². The van der Waals surface area contributed by atoms with Crippen LogP contribution in [0.3, 0.4) is 0 Å². The number of carbonyl (C=O) groups is 1. The zero-order chi connectivity index (χ0) is 17.9. The summed E-state index contributed by atoms with van der Waals surface area (Å²) in [6.07, 6.45) is 6.43. The fourth-order valence-corrected chi connectivity index (χ4v) is 3.61. The normalized spacial score (nSPS) is 17.2. The van der Waals surface area contributed by atoms with Gasteiger partial charge in [-0.05, 0) is 50.3 Å². The Kier molecular flexibility index (Phi) is 4.87. The highest BCUT2D eigenvalue weighted by atomic mass is 16.2. The number of nitrogens with one attached hydrogen (secondary N) is 1. The Bertz CT molecular complexity index is 777. The van der Waals surface area contributed by atoms with Gasteiger partial charge in [-0.15, -0.1) is 0 Å². The number of aromatic nitrogens is 2. The summed E-state index contributed by atoms with van der Waals surface area (Å²) in [5, 5.41) is 3.38. The van der Waals surface area contributed by atoms with Crippen LogP contribution < -0.4 is 5.32 Å². The minimum absolute atomic E-state index is 0.236. The number of carbonyl (C=O) groups excluding carboxylic acids is 1. The molecule has 1 aromatic heterocycles. The van der Waals surface area contributed by atoms with Crippen LogP contribution >= 0.6 is 0 Å². The van der Waals surface area contributed by atoms with Gasteiger partial charge in [-0.2, -0.15) is 0 Å². The molecule has 0 spiro atoms. The number of anilines is 2. The smallest absolute Gasteiger partial charge is 0.226 e. The number of hydrogen-bond acceptors (Lipinski definition) is 4. The van der Waals surface area contributed by atoms with Gasteiger partial charge in [0.05, 0.1) is 6.42 Å². The number of nitrogens with zero attached hydrogens (tertiary/aromatic N) is 3. The fraction of sp³-hybridized carbons (Fsp3) is 0.476. The average molecular weight is 350 g/mol. The maximum atomic E-state index is 12.3. The summed E-state index contributed by atoms with van der Waals surface area (Å²) in [5.41, 5.74) is 3.04. The maximum Gasteiger partial charge on any atom is 0.226 e. The molecule has 2 aliphatic rings. The maximum absolute atomic E-state index is 12.3. The molecule has 2 aromatic rings. The molecule has 0 radical (unpaired) electrons. The van der Waals surface area contributed by atoms with Crippen LogP contribution in [-0.2, 0) is 11.2 Å². The number of rotatable bonds is 5. The van der Waals surface area contributed by atoms with Crippen LogP contribution in [0.25, 0.3) is 0 Å². The summed E-state index contributed by atoms with van der Waals surface area (Å²) in [6.45, 7) is 3.84. The molecular formula is C21H26N4O. The van der Waals surface area contributed by atoms with Gasteiger partial charge < -0.3 is 10.2 Å². The average Bonchev–Trinajstić information content (AvgIpc) is 3.09. The molecule has 1 aliphatic heterocycles. The van der Waals surface area contributed by atoms with E-state index in [1.807, 2.05) is 42.2 Å². The first-order chi connectivity index (χ1) is 12.7. The molecule has 4 rings (SSSR count). The van der Waals surface area contributed by atoms with E-state index in [4.69, 9.17) is 4.98 Å². The lowest BCUT2D eigenvalue weighted by Gasteiger charge is -2.24. The molecule has 1 N–H and O–H groups in total. The Labute approximate surface area is 154 Å². The highest BCUT2D eigenvalue weighted by Crippen LogP contribution is 2.35. The molecule has 5 nitrogen and oxygen atoms in total. The van der Waals surface area contributed by atoms with Crippen LogP contribution in [0.15, 0.2) is 30.3 Å². The lowest BCUT2D eigenvalue weighted by Crippen LogP contribution is -2.29. The van der Waals surface area contributed by atoms with E-state index in [1.54, 1.807) is 0 Å². The third kappa shape index (κ3) is 3.87. The predicted molar refractivity (Wildman–Crippen MR) is 103 cm³/mol. The molecule has 2 fully saturated rings. The molecule has 0 bridgehead atoms. The monoisotopic (exact) mass is 350 g/mol. The number of amides is 1. The topological polar surface area (TPSA) is 58.1 Å². The van der Waals surface area contributed by atoms with Crippen molar-refractivity contribution in [3.8, 4) is 0 Å². The molecule has 0 unspecified atom stereocenters. The highest BCUT2D eigenvalue weighted by Gasteiger charge is 2.23. The molecule has 5 heteroatoms. The van der Waals surface area contributed by atoms with Crippen LogP contribution in [0, 0.1) is 6.92 Å². The second-order valence-corrected chi connectivity index (χ2v) is 7.47. The molecule has 136 valence electrons. The SMILES string of the molecule is Cc1cc(Nc2ccc(CC(=O)N3CCCC3)cc2)nc(C2CCC2)n1. The number of likely N-dealkylation sites (tertiary alicyclic amines) is 1. The molecule has 1 saturated heterocycles. The zero-order valence-corrected chi connectivity index (χ0v) is 15.4. The van der Waals surface area contributed by atoms with Crippen molar-refractivity contribution in [2.45, 2.75) is 51.4 Å². The fourth-order valence-electron chi connectivity index (χ4n) is 3.61. The minimum atomic E-state index is 0.236. The largest absolute Gasteiger partial charge is 0.342 e. The molecule has 2 heterocycles. The summed E-state index contributed by atoms with van der Waals surface area (Å²) in [5.74, 6) is 2.57. The standard InChI is InChI=1S/C21H26N4O/c1-15-13-19(24-21(22-15)17-5-4-6-17)23-18-9-7-16(8-10-18)14-20(26)25-11-2-3-12-25/h7-10,13,17H,2-6,11-12,14H2,1H3,(H,22,23,24). The van der Waals surface area contributed by atoms with Gasteiger partial charge in [0, 0.05) is 36.5 Å². The first-order valence-electron chi connectivity index (χ1n) is 9.67. The van der Waals surface area contributed by atoms with E-state index in [1.165, 1.54) is 19.3 Å². The molecule has 0 atom stereocenters. The number of benzene rings is 1. The van der Waals surface area contributed by atoms with E-state index in [0.29, 0.717) is 12.3 Å². The van der Waals surface area contributed by atoms with Crippen LogP contribution in [-0.4, -0.2) is 33.9 Å². The van der Waals surface area contributed by atoms with Gasteiger partial charge in [0.1, 0.15) is 11.6 Å². The van der Waals surface area contributed by atoms with Crippen LogP contribution in [0.1, 0.15) is 55.1 Å². The van der Waals surface area contributed by atoms with E-state index >= 15 is 0 Å². The van der Waals surface area contributed by atoms with Crippen molar-refractivity contribution >= 4 is 17.4 Å². The Morgan fingerprint density at radius 1 is 1.12 bits per heavy atom. The summed E-state index contributed by atoms with van der Waals surface area (Å²) < 4.78 is 0. The molecule has 1 saturated carbocycles. The van der Waals surface area contributed by atoms with Crippen molar-refractivity contribution in [1.29, 1.82) is 0 Å². The Morgan fingerprint density at radius 3 is 2.50 bits per heavy atom. The van der Waals surface area contributed by atoms with Crippen molar-refractivity contribution in [1.82, 2.24) is 14.9 Å². The quantitative estimate of drug-likeness (QED) is 0.887. The Morgan fingerprint density at radius 2 is 1.85 bits per heavy atom. The van der Waals surface area contributed by atoms with Crippen molar-refractivity contribution in [2.75, 3.05) is 18.4 Å². The summed E-state index contributed by atoms with van der Waals surface area (Å²) in [6, 6.07) is 10.1. The summed E-state index contributed by atoms with van der Waals surface area (Å²) in [4.78, 5) is 23.5. The number of hydrogen-bond donors (Lipinski definition) is 1. The second-order valence-electron chi connectivity index (χ2n) is 7.47. The van der Waals surface area contributed by atoms with Gasteiger partial charge in [0.25, 0.3) is 0 Å². The van der Waals surface area contributed by atoms with E-state index in [2.05, 4.69) is 10.3 Å². The van der Waals surface area contributed by atoms with Crippen molar-refractivity contribution in [2.24, 2.45) is 0 Å². The first kappa shape index (κ1) is 17.0. The lowest BCUT2D eigenvalue weighted by atomic mass is 9.85. The Hall–Kier alpha value is -2.43. The molecular weight excluding hydrogens is 324 g/mol. The van der Waals surface area contributed by atoms with E-state index in [-0.39, 0.29) is 5.91 Å². The van der Waals surface area contributed by atoms with Crippen LogP contribution in [0.2, 0.25) is 0 Å². The van der Waals surface area contributed by atoms with Gasteiger partial charge in [0.15, 0.2) is 0 Å².